The summed E-state index contributed by atoms with van der Waals surface area (Å²) in [5, 5.41) is 7.57. The Morgan fingerprint density at radius 3 is 2.70 bits per heavy atom. The highest BCUT2D eigenvalue weighted by Crippen LogP contribution is 2.32. The van der Waals surface area contributed by atoms with Crippen molar-refractivity contribution in [3.63, 3.8) is 0 Å². The van der Waals surface area contributed by atoms with Crippen molar-refractivity contribution in [2.75, 3.05) is 13.3 Å². The highest BCUT2D eigenvalue weighted by Gasteiger charge is 2.31. The summed E-state index contributed by atoms with van der Waals surface area (Å²) in [7, 11) is 0. The molecule has 0 radical (unpaired) electrons. The molecular formula is C20H25F2N5O6. The number of alkyl halides is 1. The van der Waals surface area contributed by atoms with Gasteiger partial charge in [0.1, 0.15) is 23.8 Å². The van der Waals surface area contributed by atoms with E-state index in [0.717, 1.165) is 9.13 Å². The fourth-order valence-corrected chi connectivity index (χ4v) is 3.08. The molecule has 11 nitrogen and oxygen atoms in total. The smallest absolute Gasteiger partial charge is 0.468 e. The van der Waals surface area contributed by atoms with Gasteiger partial charge in [0.25, 0.3) is 5.56 Å². The first-order valence-electron chi connectivity index (χ1n) is 10.2. The average molecular weight is 469 g/mol. The maximum absolute atomic E-state index is 14.4. The molecule has 0 aromatic carbocycles. The molecule has 0 saturated carbocycles. The summed E-state index contributed by atoms with van der Waals surface area (Å²) in [6.07, 6.45) is 0.339. The number of nitrogens with zero attached hydrogens (tertiary/aromatic N) is 5. The maximum atomic E-state index is 14.4. The Labute approximate surface area is 187 Å². The molecule has 0 aliphatic carbocycles. The molecule has 0 amide bonds. The zero-order valence-corrected chi connectivity index (χ0v) is 18.7. The van der Waals surface area contributed by atoms with Crippen LogP contribution in [0.15, 0.2) is 33.6 Å². The first-order chi connectivity index (χ1) is 15.5. The van der Waals surface area contributed by atoms with Crippen LogP contribution in [0.2, 0.25) is 0 Å². The van der Waals surface area contributed by atoms with Crippen molar-refractivity contribution in [2.24, 2.45) is 0 Å². The fraction of sp³-hybridized carbons (Fsp3) is 0.550. The van der Waals surface area contributed by atoms with Gasteiger partial charge in [0.15, 0.2) is 18.6 Å². The summed E-state index contributed by atoms with van der Waals surface area (Å²) in [4.78, 5) is 37.2. The summed E-state index contributed by atoms with van der Waals surface area (Å²) >= 11 is 0. The molecule has 0 spiro atoms. The number of halogens is 2. The number of hydrogen-bond acceptors (Lipinski definition) is 8. The van der Waals surface area contributed by atoms with E-state index in [0.29, 0.717) is 0 Å². The first-order valence-corrected chi connectivity index (χ1v) is 10.2. The van der Waals surface area contributed by atoms with Gasteiger partial charge in [0.2, 0.25) is 0 Å². The van der Waals surface area contributed by atoms with Crippen LogP contribution in [-0.4, -0.2) is 49.2 Å². The molecule has 1 aliphatic heterocycles. The molecule has 2 aromatic rings. The second-order valence-electron chi connectivity index (χ2n) is 8.41. The third-order valence-corrected chi connectivity index (χ3v) is 4.54. The second kappa shape index (κ2) is 9.55. The lowest BCUT2D eigenvalue weighted by atomic mass is 10.2. The van der Waals surface area contributed by atoms with Crippen molar-refractivity contribution in [1.82, 2.24) is 24.1 Å². The Hall–Kier alpha value is -3.51. The third-order valence-electron chi connectivity index (χ3n) is 4.54. The van der Waals surface area contributed by atoms with Gasteiger partial charge in [-0.05, 0) is 27.7 Å². The van der Waals surface area contributed by atoms with E-state index in [-0.39, 0.29) is 36.5 Å². The molecule has 0 bridgehead atoms. The van der Waals surface area contributed by atoms with Gasteiger partial charge in [-0.2, -0.15) is 0 Å². The van der Waals surface area contributed by atoms with E-state index in [9.17, 15) is 23.2 Å². The first kappa shape index (κ1) is 24.1. The molecule has 33 heavy (non-hydrogen) atoms. The molecule has 180 valence electrons. The van der Waals surface area contributed by atoms with Crippen molar-refractivity contribution in [3.8, 4) is 0 Å². The number of carbonyl (C=O) groups is 1. The lowest BCUT2D eigenvalue weighted by Gasteiger charge is -2.20. The van der Waals surface area contributed by atoms with Gasteiger partial charge in [0, 0.05) is 11.8 Å². The van der Waals surface area contributed by atoms with Crippen LogP contribution >= 0.6 is 0 Å². The van der Waals surface area contributed by atoms with Crippen LogP contribution in [0.5, 0.6) is 0 Å². The van der Waals surface area contributed by atoms with Crippen molar-refractivity contribution >= 4 is 6.16 Å². The molecule has 1 aliphatic rings. The maximum Gasteiger partial charge on any atom is 0.509 e. The van der Waals surface area contributed by atoms with E-state index in [1.165, 1.54) is 24.0 Å². The summed E-state index contributed by atoms with van der Waals surface area (Å²) in [6.45, 7) is 5.10. The van der Waals surface area contributed by atoms with E-state index in [1.54, 1.807) is 20.8 Å². The minimum absolute atomic E-state index is 0.00501. The number of carbonyl (C=O) groups excluding carboxylic acids is 1. The minimum Gasteiger partial charge on any atom is -0.468 e. The Bertz CT molecular complexity index is 1180. The van der Waals surface area contributed by atoms with E-state index in [2.05, 4.69) is 10.3 Å². The van der Waals surface area contributed by atoms with Crippen molar-refractivity contribution < 1.29 is 27.8 Å². The predicted octanol–water partition coefficient (Wildman–Crippen LogP) is 1.98. The van der Waals surface area contributed by atoms with Gasteiger partial charge < -0.3 is 14.2 Å². The van der Waals surface area contributed by atoms with E-state index >= 15 is 0 Å². The average Bonchev–Trinajstić information content (AvgIpc) is 3.31. The second-order valence-corrected chi connectivity index (χ2v) is 8.41. The van der Waals surface area contributed by atoms with Crippen LogP contribution in [0.4, 0.5) is 13.6 Å². The number of aromatic nitrogens is 5. The van der Waals surface area contributed by atoms with Gasteiger partial charge in [-0.3, -0.25) is 13.9 Å². The SMILES string of the molecule is Cc1cn([C@H]2CC(F)=C(COC(=O)OC(C)(C)C)O2)c(=O)n(Cc2cn(CCF)nn2)c1=O. The third kappa shape index (κ3) is 5.84. The van der Waals surface area contributed by atoms with E-state index < -0.39 is 48.3 Å². The number of aryl methyl sites for hydroxylation is 2. The van der Waals surface area contributed by atoms with E-state index in [1.807, 2.05) is 0 Å². The topological polar surface area (TPSA) is 119 Å². The molecule has 0 saturated heterocycles. The Morgan fingerprint density at radius 2 is 2.03 bits per heavy atom. The monoisotopic (exact) mass is 469 g/mol. The molecular weight excluding hydrogens is 444 g/mol. The van der Waals surface area contributed by atoms with Crippen LogP contribution in [0.1, 0.15) is 44.7 Å². The van der Waals surface area contributed by atoms with Gasteiger partial charge in [-0.15, -0.1) is 5.10 Å². The van der Waals surface area contributed by atoms with Crippen LogP contribution in [-0.2, 0) is 27.3 Å². The van der Waals surface area contributed by atoms with Crippen molar-refractivity contribution in [3.05, 3.63) is 56.1 Å². The largest absolute Gasteiger partial charge is 0.509 e. The number of rotatable bonds is 7. The van der Waals surface area contributed by atoms with Gasteiger partial charge in [-0.25, -0.2) is 23.1 Å². The lowest BCUT2D eigenvalue weighted by molar-refractivity contribution is -0.0149. The van der Waals surface area contributed by atoms with Crippen LogP contribution < -0.4 is 11.2 Å². The quantitative estimate of drug-likeness (QED) is 0.565. The Balaban J connectivity index is 1.76. The van der Waals surface area contributed by atoms with Crippen molar-refractivity contribution in [2.45, 2.75) is 59.0 Å². The molecule has 0 unspecified atom stereocenters. The number of hydrogen-bond donors (Lipinski definition) is 0. The fourth-order valence-electron chi connectivity index (χ4n) is 3.08. The molecule has 1 atom stereocenters. The number of ether oxygens (including phenoxy) is 3. The van der Waals surface area contributed by atoms with Crippen molar-refractivity contribution in [1.29, 1.82) is 0 Å². The van der Waals surface area contributed by atoms with Gasteiger partial charge in [-0.1, -0.05) is 5.21 Å². The van der Waals surface area contributed by atoms with Gasteiger partial charge >= 0.3 is 11.8 Å². The zero-order chi connectivity index (χ0) is 24.3. The molecule has 0 N–H and O–H groups in total. The highest BCUT2D eigenvalue weighted by atomic mass is 19.1. The predicted molar refractivity (Wildman–Crippen MR) is 110 cm³/mol. The standard InChI is InChI=1S/C20H25F2N5O6/c1-12-8-26(16-7-14(22)15(32-16)11-31-19(30)33-20(2,3)4)18(29)27(17(12)28)10-13-9-25(6-5-21)24-23-13/h8-9,16H,5-7,10-11H2,1-4H3/t16-/m1/s1. The molecule has 3 rings (SSSR count). The normalized spacial score (nSPS) is 16.1. The summed E-state index contributed by atoms with van der Waals surface area (Å²) in [5.74, 6) is -0.942. The summed E-state index contributed by atoms with van der Waals surface area (Å²) < 4.78 is 45.5. The molecule has 0 fully saturated rings. The Kier molecular flexibility index (Phi) is 6.98. The van der Waals surface area contributed by atoms with Crippen LogP contribution in [0.25, 0.3) is 0 Å². The van der Waals surface area contributed by atoms with Crippen LogP contribution in [0, 0.1) is 6.92 Å². The zero-order valence-electron chi connectivity index (χ0n) is 18.7. The highest BCUT2D eigenvalue weighted by molar-refractivity contribution is 5.60. The lowest BCUT2D eigenvalue weighted by Crippen LogP contribution is -2.42. The molecule has 2 aromatic heterocycles. The summed E-state index contributed by atoms with van der Waals surface area (Å²) in [6, 6.07) is 0. The van der Waals surface area contributed by atoms with Gasteiger partial charge in [0.05, 0.1) is 25.7 Å². The van der Waals surface area contributed by atoms with Crippen LogP contribution in [0.3, 0.4) is 0 Å². The summed E-state index contributed by atoms with van der Waals surface area (Å²) in [5.41, 5.74) is -1.59. The minimum atomic E-state index is -1.08. The molecule has 13 heteroatoms. The Morgan fingerprint density at radius 1 is 1.30 bits per heavy atom. The molecule has 3 heterocycles. The van der Waals surface area contributed by atoms with E-state index in [4.69, 9.17) is 14.2 Å².